The summed E-state index contributed by atoms with van der Waals surface area (Å²) in [4.78, 5) is 12.2. The van der Waals surface area contributed by atoms with Crippen molar-refractivity contribution in [3.05, 3.63) is 35.5 Å². The molecule has 1 aromatic rings. The molecule has 23 heavy (non-hydrogen) atoms. The molecular formula is C18H23N3O2. The van der Waals surface area contributed by atoms with E-state index in [0.717, 1.165) is 36.9 Å². The Kier molecular flexibility index (Phi) is 6.04. The standard InChI is InChI=1S/C18H23N3O2/c1-13-8-9-17(23-2)16(10-13)20-12-14(11-19)18(22)21-15-6-4-3-5-7-15/h8-10,12,15,20H,3-7H2,1-2H3,(H,21,22)/b14-12-. The number of hydrogen-bond acceptors (Lipinski definition) is 4. The summed E-state index contributed by atoms with van der Waals surface area (Å²) in [7, 11) is 1.58. The first-order valence-corrected chi connectivity index (χ1v) is 7.96. The number of benzene rings is 1. The predicted molar refractivity (Wildman–Crippen MR) is 90.1 cm³/mol. The van der Waals surface area contributed by atoms with E-state index in [1.807, 2.05) is 31.2 Å². The van der Waals surface area contributed by atoms with Gasteiger partial charge in [-0.05, 0) is 37.5 Å². The van der Waals surface area contributed by atoms with Gasteiger partial charge in [-0.3, -0.25) is 4.79 Å². The van der Waals surface area contributed by atoms with Crippen molar-refractivity contribution in [3.63, 3.8) is 0 Å². The van der Waals surface area contributed by atoms with Crippen molar-refractivity contribution in [1.82, 2.24) is 5.32 Å². The highest BCUT2D eigenvalue weighted by Crippen LogP contribution is 2.25. The SMILES string of the molecule is COc1ccc(C)cc1N/C=C(/C#N)C(=O)NC1CCCCC1. The van der Waals surface area contributed by atoms with Gasteiger partial charge in [0.1, 0.15) is 17.4 Å². The largest absolute Gasteiger partial charge is 0.495 e. The van der Waals surface area contributed by atoms with E-state index in [-0.39, 0.29) is 17.5 Å². The number of anilines is 1. The molecule has 0 saturated heterocycles. The number of nitrogens with one attached hydrogen (secondary N) is 2. The van der Waals surface area contributed by atoms with Crippen molar-refractivity contribution in [2.75, 3.05) is 12.4 Å². The van der Waals surface area contributed by atoms with Crippen LogP contribution in [0.3, 0.4) is 0 Å². The summed E-state index contributed by atoms with van der Waals surface area (Å²) in [6, 6.07) is 7.83. The molecule has 1 aliphatic carbocycles. The monoisotopic (exact) mass is 313 g/mol. The molecule has 0 radical (unpaired) electrons. The average Bonchev–Trinajstić information content (AvgIpc) is 2.56. The van der Waals surface area contributed by atoms with E-state index in [9.17, 15) is 10.1 Å². The number of nitriles is 1. The van der Waals surface area contributed by atoms with Crippen molar-refractivity contribution in [1.29, 1.82) is 5.26 Å². The number of nitrogens with zero attached hydrogens (tertiary/aromatic N) is 1. The van der Waals surface area contributed by atoms with E-state index in [2.05, 4.69) is 10.6 Å². The maximum absolute atomic E-state index is 12.2. The summed E-state index contributed by atoms with van der Waals surface area (Å²) in [5.74, 6) is 0.343. The molecule has 0 atom stereocenters. The minimum absolute atomic E-state index is 0.0686. The second kappa shape index (κ2) is 8.23. The zero-order valence-corrected chi connectivity index (χ0v) is 13.7. The van der Waals surface area contributed by atoms with Crippen LogP contribution in [0.4, 0.5) is 5.69 Å². The summed E-state index contributed by atoms with van der Waals surface area (Å²) in [5, 5.41) is 15.2. The predicted octanol–water partition coefficient (Wildman–Crippen LogP) is 3.27. The number of hydrogen-bond donors (Lipinski definition) is 2. The molecule has 5 nitrogen and oxygen atoms in total. The Morgan fingerprint density at radius 3 is 2.74 bits per heavy atom. The van der Waals surface area contributed by atoms with Gasteiger partial charge in [-0.1, -0.05) is 25.3 Å². The number of rotatable bonds is 5. The molecule has 0 spiro atoms. The third kappa shape index (κ3) is 4.75. The van der Waals surface area contributed by atoms with E-state index in [0.29, 0.717) is 5.75 Å². The summed E-state index contributed by atoms with van der Waals surface area (Å²) >= 11 is 0. The van der Waals surface area contributed by atoms with Crippen LogP contribution >= 0.6 is 0 Å². The number of ether oxygens (including phenoxy) is 1. The molecule has 5 heteroatoms. The van der Waals surface area contributed by atoms with E-state index in [1.54, 1.807) is 7.11 Å². The third-order valence-corrected chi connectivity index (χ3v) is 4.03. The van der Waals surface area contributed by atoms with Crippen molar-refractivity contribution in [2.24, 2.45) is 0 Å². The first kappa shape index (κ1) is 16.9. The van der Waals surface area contributed by atoms with Crippen LogP contribution in [0.25, 0.3) is 0 Å². The van der Waals surface area contributed by atoms with Crippen molar-refractivity contribution in [3.8, 4) is 11.8 Å². The Hall–Kier alpha value is -2.48. The zero-order valence-electron chi connectivity index (χ0n) is 13.7. The minimum atomic E-state index is -0.321. The lowest BCUT2D eigenvalue weighted by atomic mass is 9.95. The van der Waals surface area contributed by atoms with Gasteiger partial charge in [0, 0.05) is 12.2 Å². The maximum atomic E-state index is 12.2. The number of methoxy groups -OCH3 is 1. The zero-order chi connectivity index (χ0) is 16.7. The van der Waals surface area contributed by atoms with Gasteiger partial charge in [0.2, 0.25) is 0 Å². The van der Waals surface area contributed by atoms with Crippen LogP contribution in [0.15, 0.2) is 30.0 Å². The highest BCUT2D eigenvalue weighted by Gasteiger charge is 2.18. The number of carbonyl (C=O) groups excluding carboxylic acids is 1. The second-order valence-electron chi connectivity index (χ2n) is 5.83. The molecule has 1 saturated carbocycles. The first-order valence-electron chi connectivity index (χ1n) is 7.96. The van der Waals surface area contributed by atoms with Crippen LogP contribution in [-0.4, -0.2) is 19.1 Å². The van der Waals surface area contributed by atoms with E-state index >= 15 is 0 Å². The van der Waals surface area contributed by atoms with Crippen molar-refractivity contribution >= 4 is 11.6 Å². The van der Waals surface area contributed by atoms with Crippen LogP contribution in [0.1, 0.15) is 37.7 Å². The fraction of sp³-hybridized carbons (Fsp3) is 0.444. The molecule has 0 unspecified atom stereocenters. The van der Waals surface area contributed by atoms with E-state index < -0.39 is 0 Å². The summed E-state index contributed by atoms with van der Waals surface area (Å²) < 4.78 is 5.27. The lowest BCUT2D eigenvalue weighted by Crippen LogP contribution is -2.37. The number of aryl methyl sites for hydroxylation is 1. The van der Waals surface area contributed by atoms with Crippen LogP contribution < -0.4 is 15.4 Å². The van der Waals surface area contributed by atoms with Gasteiger partial charge in [0.05, 0.1) is 12.8 Å². The normalized spacial score (nSPS) is 15.6. The molecule has 1 fully saturated rings. The Labute approximate surface area is 137 Å². The Morgan fingerprint density at radius 1 is 1.35 bits per heavy atom. The first-order chi connectivity index (χ1) is 11.1. The van der Waals surface area contributed by atoms with E-state index in [4.69, 9.17) is 4.74 Å². The van der Waals surface area contributed by atoms with Gasteiger partial charge < -0.3 is 15.4 Å². The molecular weight excluding hydrogens is 290 g/mol. The van der Waals surface area contributed by atoms with Gasteiger partial charge in [0.25, 0.3) is 5.91 Å². The lowest BCUT2D eigenvalue weighted by Gasteiger charge is -2.22. The van der Waals surface area contributed by atoms with Gasteiger partial charge >= 0.3 is 0 Å². The molecule has 122 valence electrons. The Morgan fingerprint density at radius 2 is 2.09 bits per heavy atom. The van der Waals surface area contributed by atoms with Crippen LogP contribution in [0.5, 0.6) is 5.75 Å². The lowest BCUT2D eigenvalue weighted by molar-refractivity contribution is -0.118. The minimum Gasteiger partial charge on any atom is -0.495 e. The van der Waals surface area contributed by atoms with Gasteiger partial charge in [-0.15, -0.1) is 0 Å². The molecule has 2 N–H and O–H groups in total. The second-order valence-corrected chi connectivity index (χ2v) is 5.83. The maximum Gasteiger partial charge on any atom is 0.263 e. The molecule has 0 bridgehead atoms. The third-order valence-electron chi connectivity index (χ3n) is 4.03. The van der Waals surface area contributed by atoms with Gasteiger partial charge in [0.15, 0.2) is 0 Å². The van der Waals surface area contributed by atoms with Crippen molar-refractivity contribution in [2.45, 2.75) is 45.1 Å². The quantitative estimate of drug-likeness (QED) is 0.646. The van der Waals surface area contributed by atoms with Gasteiger partial charge in [-0.25, -0.2) is 0 Å². The fourth-order valence-corrected chi connectivity index (χ4v) is 2.74. The summed E-state index contributed by atoms with van der Waals surface area (Å²) in [6.07, 6.45) is 6.91. The van der Waals surface area contributed by atoms with Crippen LogP contribution in [0.2, 0.25) is 0 Å². The fourth-order valence-electron chi connectivity index (χ4n) is 2.74. The number of carbonyl (C=O) groups is 1. The van der Waals surface area contributed by atoms with Crippen molar-refractivity contribution < 1.29 is 9.53 Å². The van der Waals surface area contributed by atoms with Crippen LogP contribution in [0, 0.1) is 18.3 Å². The van der Waals surface area contributed by atoms with Gasteiger partial charge in [-0.2, -0.15) is 5.26 Å². The highest BCUT2D eigenvalue weighted by molar-refractivity contribution is 5.97. The molecule has 0 aromatic heterocycles. The Bertz CT molecular complexity index is 626. The van der Waals surface area contributed by atoms with E-state index in [1.165, 1.54) is 12.6 Å². The van der Waals surface area contributed by atoms with Crippen LogP contribution in [-0.2, 0) is 4.79 Å². The Balaban J connectivity index is 2.05. The molecule has 0 aliphatic heterocycles. The molecule has 2 rings (SSSR count). The topological polar surface area (TPSA) is 74.1 Å². The molecule has 0 heterocycles. The summed E-state index contributed by atoms with van der Waals surface area (Å²) in [6.45, 7) is 1.97. The molecule has 1 amide bonds. The molecule has 1 aliphatic rings. The smallest absolute Gasteiger partial charge is 0.263 e. The highest BCUT2D eigenvalue weighted by atomic mass is 16.5. The summed E-state index contributed by atoms with van der Waals surface area (Å²) in [5.41, 5.74) is 1.86. The number of amides is 1. The molecule has 1 aromatic carbocycles. The average molecular weight is 313 g/mol.